The van der Waals surface area contributed by atoms with Crippen LogP contribution in [0.2, 0.25) is 0 Å². The van der Waals surface area contributed by atoms with Crippen LogP contribution < -0.4 is 14.2 Å². The number of carboxylic acid groups (broad SMARTS) is 1. The maximum atomic E-state index is 12.5. The van der Waals surface area contributed by atoms with Crippen molar-refractivity contribution in [1.29, 1.82) is 0 Å². The van der Waals surface area contributed by atoms with E-state index >= 15 is 0 Å². The molecule has 1 heterocycles. The molecule has 7 nitrogen and oxygen atoms in total. The molecule has 138 valence electrons. The fourth-order valence-corrected chi connectivity index (χ4v) is 3.16. The summed E-state index contributed by atoms with van der Waals surface area (Å²) in [6.07, 6.45) is 2.92. The summed E-state index contributed by atoms with van der Waals surface area (Å²) in [5.41, 5.74) is 0.867. The molecule has 0 bridgehead atoms. The Morgan fingerprint density at radius 3 is 2.28 bits per heavy atom. The number of methoxy groups -OCH3 is 3. The predicted molar refractivity (Wildman–Crippen MR) is 91.4 cm³/mol. The number of ether oxygens (including phenoxy) is 3. The van der Waals surface area contributed by atoms with E-state index in [1.807, 2.05) is 0 Å². The monoisotopic (exact) mass is 351 g/mol. The number of likely N-dealkylation sites (tertiary alicyclic amines) is 1. The van der Waals surface area contributed by atoms with Gasteiger partial charge in [-0.05, 0) is 43.4 Å². The number of hydrogen-bond acceptors (Lipinski definition) is 5. The van der Waals surface area contributed by atoms with Crippen molar-refractivity contribution in [2.24, 2.45) is 0 Å². The summed E-state index contributed by atoms with van der Waals surface area (Å²) < 4.78 is 15.9. The number of piperidine rings is 1. The van der Waals surface area contributed by atoms with Gasteiger partial charge in [0, 0.05) is 13.0 Å². The lowest BCUT2D eigenvalue weighted by atomic mass is 10.0. The average molecular weight is 351 g/mol. The minimum absolute atomic E-state index is 0.138. The van der Waals surface area contributed by atoms with E-state index in [9.17, 15) is 14.7 Å². The minimum Gasteiger partial charge on any atom is -0.493 e. The van der Waals surface area contributed by atoms with Crippen molar-refractivity contribution in [2.45, 2.75) is 38.1 Å². The molecule has 7 heteroatoms. The van der Waals surface area contributed by atoms with E-state index in [1.165, 1.54) is 26.2 Å². The fraction of sp³-hybridized carbons (Fsp3) is 0.556. The van der Waals surface area contributed by atoms with Gasteiger partial charge in [-0.3, -0.25) is 4.79 Å². The van der Waals surface area contributed by atoms with Crippen LogP contribution >= 0.6 is 0 Å². The number of benzene rings is 1. The first kappa shape index (κ1) is 18.9. The summed E-state index contributed by atoms with van der Waals surface area (Å²) in [6.45, 7) is 0.505. The van der Waals surface area contributed by atoms with Gasteiger partial charge < -0.3 is 24.2 Å². The summed E-state index contributed by atoms with van der Waals surface area (Å²) in [5.74, 6) is 0.500. The lowest BCUT2D eigenvalue weighted by Crippen LogP contribution is -2.48. The van der Waals surface area contributed by atoms with E-state index in [0.717, 1.165) is 18.4 Å². The van der Waals surface area contributed by atoms with Crippen molar-refractivity contribution in [1.82, 2.24) is 4.90 Å². The van der Waals surface area contributed by atoms with Gasteiger partial charge in [-0.15, -0.1) is 0 Å². The third kappa shape index (κ3) is 4.35. The van der Waals surface area contributed by atoms with Crippen LogP contribution in [-0.2, 0) is 16.0 Å². The van der Waals surface area contributed by atoms with Crippen LogP contribution in [0.1, 0.15) is 31.2 Å². The second-order valence-electron chi connectivity index (χ2n) is 5.97. The maximum absolute atomic E-state index is 12.5. The van der Waals surface area contributed by atoms with Crippen LogP contribution in [0.3, 0.4) is 0 Å². The number of carboxylic acids is 1. The first-order valence-corrected chi connectivity index (χ1v) is 8.33. The topological polar surface area (TPSA) is 85.3 Å². The van der Waals surface area contributed by atoms with Crippen LogP contribution in [0, 0.1) is 0 Å². The van der Waals surface area contributed by atoms with Crippen LogP contribution in [0.15, 0.2) is 12.1 Å². The SMILES string of the molecule is COc1cc(CCC(=O)N2CCCC[C@@H]2C(=O)O)cc(OC)c1OC. The second kappa shape index (κ2) is 8.60. The number of hydrogen-bond donors (Lipinski definition) is 1. The van der Waals surface area contributed by atoms with E-state index in [4.69, 9.17) is 14.2 Å². The third-order valence-corrected chi connectivity index (χ3v) is 4.46. The maximum Gasteiger partial charge on any atom is 0.326 e. The molecule has 1 aliphatic rings. The van der Waals surface area contributed by atoms with E-state index in [-0.39, 0.29) is 12.3 Å². The number of nitrogens with zero attached hydrogens (tertiary/aromatic N) is 1. The number of aryl methyl sites for hydroxylation is 1. The smallest absolute Gasteiger partial charge is 0.326 e. The van der Waals surface area contributed by atoms with E-state index in [2.05, 4.69) is 0 Å². The molecule has 0 aliphatic carbocycles. The van der Waals surface area contributed by atoms with Gasteiger partial charge in [0.05, 0.1) is 21.3 Å². The molecular weight excluding hydrogens is 326 g/mol. The molecule has 0 aromatic heterocycles. The van der Waals surface area contributed by atoms with Crippen molar-refractivity contribution in [3.63, 3.8) is 0 Å². The Balaban J connectivity index is 2.09. The van der Waals surface area contributed by atoms with E-state index < -0.39 is 12.0 Å². The number of aliphatic carboxylic acids is 1. The predicted octanol–water partition coefficient (Wildman–Crippen LogP) is 2.11. The third-order valence-electron chi connectivity index (χ3n) is 4.46. The van der Waals surface area contributed by atoms with E-state index in [1.54, 1.807) is 12.1 Å². The highest BCUT2D eigenvalue weighted by atomic mass is 16.5. The van der Waals surface area contributed by atoms with Gasteiger partial charge in [0.1, 0.15) is 6.04 Å². The highest BCUT2D eigenvalue weighted by Gasteiger charge is 2.31. The van der Waals surface area contributed by atoms with Gasteiger partial charge in [-0.2, -0.15) is 0 Å². The Hall–Kier alpha value is -2.44. The number of rotatable bonds is 7. The van der Waals surface area contributed by atoms with Crippen molar-refractivity contribution in [3.8, 4) is 17.2 Å². The number of carbonyl (C=O) groups excluding carboxylic acids is 1. The van der Waals surface area contributed by atoms with Crippen molar-refractivity contribution in [2.75, 3.05) is 27.9 Å². The number of amides is 1. The van der Waals surface area contributed by atoms with Gasteiger partial charge in [0.2, 0.25) is 11.7 Å². The molecule has 1 N–H and O–H groups in total. The van der Waals surface area contributed by atoms with Gasteiger partial charge in [0.15, 0.2) is 11.5 Å². The molecule has 1 amide bonds. The van der Waals surface area contributed by atoms with Crippen molar-refractivity contribution < 1.29 is 28.9 Å². The van der Waals surface area contributed by atoms with Crippen molar-refractivity contribution in [3.05, 3.63) is 17.7 Å². The molecular formula is C18H25NO6. The summed E-state index contributed by atoms with van der Waals surface area (Å²) in [4.78, 5) is 25.3. The first-order valence-electron chi connectivity index (χ1n) is 8.33. The molecule has 1 aromatic rings. The molecule has 25 heavy (non-hydrogen) atoms. The summed E-state index contributed by atoms with van der Waals surface area (Å²) in [7, 11) is 4.61. The number of carbonyl (C=O) groups is 2. The molecule has 2 rings (SSSR count). The Labute approximate surface area is 147 Å². The normalized spacial score (nSPS) is 17.1. The quantitative estimate of drug-likeness (QED) is 0.810. The van der Waals surface area contributed by atoms with Crippen LogP contribution in [0.4, 0.5) is 0 Å². The highest BCUT2D eigenvalue weighted by Crippen LogP contribution is 2.38. The average Bonchev–Trinajstić information content (AvgIpc) is 2.64. The van der Waals surface area contributed by atoms with Gasteiger partial charge >= 0.3 is 5.97 Å². The molecule has 0 radical (unpaired) electrons. The molecule has 0 unspecified atom stereocenters. The highest BCUT2D eigenvalue weighted by molar-refractivity contribution is 5.84. The first-order chi connectivity index (χ1) is 12.0. The van der Waals surface area contributed by atoms with Gasteiger partial charge in [-0.25, -0.2) is 4.79 Å². The van der Waals surface area contributed by atoms with Gasteiger partial charge in [-0.1, -0.05) is 0 Å². The Kier molecular flexibility index (Phi) is 6.50. The molecule has 1 atom stereocenters. The van der Waals surface area contributed by atoms with Gasteiger partial charge in [0.25, 0.3) is 0 Å². The second-order valence-corrected chi connectivity index (χ2v) is 5.97. The summed E-state index contributed by atoms with van der Waals surface area (Å²) >= 11 is 0. The molecule has 1 fully saturated rings. The molecule has 1 aliphatic heterocycles. The minimum atomic E-state index is -0.930. The largest absolute Gasteiger partial charge is 0.493 e. The lowest BCUT2D eigenvalue weighted by Gasteiger charge is -2.33. The molecule has 1 aromatic carbocycles. The zero-order chi connectivity index (χ0) is 18.4. The molecule has 0 spiro atoms. The zero-order valence-electron chi connectivity index (χ0n) is 14.9. The van der Waals surface area contributed by atoms with Crippen molar-refractivity contribution >= 4 is 11.9 Å². The summed E-state index contributed by atoms with van der Waals surface area (Å²) in [6, 6.07) is 2.90. The Morgan fingerprint density at radius 2 is 1.76 bits per heavy atom. The van der Waals surface area contributed by atoms with E-state index in [0.29, 0.717) is 36.6 Å². The van der Waals surface area contributed by atoms with Crippen LogP contribution in [0.25, 0.3) is 0 Å². The molecule has 0 saturated carbocycles. The van der Waals surface area contributed by atoms with Crippen LogP contribution in [-0.4, -0.2) is 55.8 Å². The standard InChI is InChI=1S/C18H25NO6/c1-23-14-10-12(11-15(24-2)17(14)25-3)7-8-16(20)19-9-5-4-6-13(19)18(21)22/h10-11,13H,4-9H2,1-3H3,(H,21,22)/t13-/m1/s1. The lowest BCUT2D eigenvalue weighted by molar-refractivity contribution is -0.152. The fourth-order valence-electron chi connectivity index (χ4n) is 3.16. The van der Waals surface area contributed by atoms with Crippen LogP contribution in [0.5, 0.6) is 17.2 Å². The summed E-state index contributed by atoms with van der Waals surface area (Å²) in [5, 5.41) is 9.30. The Morgan fingerprint density at radius 1 is 1.12 bits per heavy atom. The Bertz CT molecular complexity index is 605. The zero-order valence-corrected chi connectivity index (χ0v) is 14.9. The molecule has 1 saturated heterocycles.